The molecule has 192 valence electrons. The Hall–Kier alpha value is -3.37. The second-order valence-electron chi connectivity index (χ2n) is 8.62. The summed E-state index contributed by atoms with van der Waals surface area (Å²) >= 11 is 0. The average molecular weight is 520 g/mol. The number of rotatable bonds is 7. The van der Waals surface area contributed by atoms with Crippen LogP contribution in [0.4, 0.5) is 29.3 Å². The average Bonchev–Trinajstić information content (AvgIpc) is 2.76. The van der Waals surface area contributed by atoms with Crippen LogP contribution in [-0.4, -0.2) is 27.5 Å². The van der Waals surface area contributed by atoms with Crippen LogP contribution < -0.4 is 14.9 Å². The number of urea groups is 1. The number of halogens is 3. The van der Waals surface area contributed by atoms with Crippen LogP contribution in [0.2, 0.25) is 0 Å². The Morgan fingerprint density at radius 3 is 2.08 bits per heavy atom. The second kappa shape index (κ2) is 10.7. The molecule has 36 heavy (non-hydrogen) atoms. The van der Waals surface area contributed by atoms with Gasteiger partial charge in [-0.2, -0.15) is 13.2 Å². The number of carbonyl (C=O) groups excluding carboxylic acids is 1. The summed E-state index contributed by atoms with van der Waals surface area (Å²) in [6.45, 7) is 6.71. The number of hydrogen-bond donors (Lipinski definition) is 2. The van der Waals surface area contributed by atoms with E-state index in [-0.39, 0.29) is 23.7 Å². The van der Waals surface area contributed by atoms with Crippen molar-refractivity contribution in [3.8, 4) is 0 Å². The SMILES string of the molecule is Cc1ccc(NC(=O)N(CCNS(=O)(=O)c2c(C)cc(C)cc2C)c2cccc(C(F)(F)F)c2)cc1. The molecular weight excluding hydrogens is 491 g/mol. The summed E-state index contributed by atoms with van der Waals surface area (Å²) < 4.78 is 68.4. The lowest BCUT2D eigenvalue weighted by Gasteiger charge is -2.24. The van der Waals surface area contributed by atoms with Gasteiger partial charge in [-0.25, -0.2) is 17.9 Å². The minimum atomic E-state index is -4.60. The normalized spacial score (nSPS) is 11.9. The largest absolute Gasteiger partial charge is 0.416 e. The van der Waals surface area contributed by atoms with Crippen LogP contribution in [0.5, 0.6) is 0 Å². The topological polar surface area (TPSA) is 78.5 Å². The Labute approximate surface area is 209 Å². The molecule has 0 unspecified atom stereocenters. The van der Waals surface area contributed by atoms with Gasteiger partial charge in [0.05, 0.1) is 10.5 Å². The predicted octanol–water partition coefficient (Wildman–Crippen LogP) is 5.96. The van der Waals surface area contributed by atoms with E-state index >= 15 is 0 Å². The van der Waals surface area contributed by atoms with Crippen molar-refractivity contribution < 1.29 is 26.4 Å². The molecule has 0 bridgehead atoms. The Kier molecular flexibility index (Phi) is 8.10. The molecule has 0 atom stereocenters. The molecule has 3 aromatic carbocycles. The van der Waals surface area contributed by atoms with Crippen molar-refractivity contribution in [2.24, 2.45) is 0 Å². The Morgan fingerprint density at radius 1 is 0.889 bits per heavy atom. The summed E-state index contributed by atoms with van der Waals surface area (Å²) in [5.74, 6) is 0. The molecule has 0 aromatic heterocycles. The van der Waals surface area contributed by atoms with Gasteiger partial charge in [-0.15, -0.1) is 0 Å². The van der Waals surface area contributed by atoms with Crippen molar-refractivity contribution in [3.05, 3.63) is 88.5 Å². The number of carbonyl (C=O) groups is 1. The van der Waals surface area contributed by atoms with Crippen LogP contribution in [0.1, 0.15) is 27.8 Å². The molecule has 0 spiro atoms. The summed E-state index contributed by atoms with van der Waals surface area (Å²) in [5, 5.41) is 2.66. The van der Waals surface area contributed by atoms with E-state index in [4.69, 9.17) is 0 Å². The van der Waals surface area contributed by atoms with Gasteiger partial charge in [0.25, 0.3) is 0 Å². The van der Waals surface area contributed by atoms with Gasteiger partial charge < -0.3 is 5.32 Å². The zero-order valence-corrected chi connectivity index (χ0v) is 21.2. The molecule has 0 heterocycles. The highest BCUT2D eigenvalue weighted by atomic mass is 32.2. The van der Waals surface area contributed by atoms with E-state index in [1.807, 2.05) is 13.8 Å². The molecule has 2 N–H and O–H groups in total. The van der Waals surface area contributed by atoms with Crippen molar-refractivity contribution in [1.82, 2.24) is 4.72 Å². The first-order valence-electron chi connectivity index (χ1n) is 11.2. The number of sulfonamides is 1. The van der Waals surface area contributed by atoms with Gasteiger partial charge >= 0.3 is 12.2 Å². The molecule has 0 radical (unpaired) electrons. The van der Waals surface area contributed by atoms with E-state index in [2.05, 4.69) is 10.0 Å². The highest BCUT2D eigenvalue weighted by Crippen LogP contribution is 2.32. The fourth-order valence-corrected chi connectivity index (χ4v) is 5.45. The van der Waals surface area contributed by atoms with Crippen molar-refractivity contribution in [1.29, 1.82) is 0 Å². The minimum absolute atomic E-state index is 0.0173. The van der Waals surface area contributed by atoms with Gasteiger partial charge in [-0.1, -0.05) is 41.5 Å². The molecule has 10 heteroatoms. The Morgan fingerprint density at radius 2 is 1.50 bits per heavy atom. The van der Waals surface area contributed by atoms with Crippen molar-refractivity contribution in [3.63, 3.8) is 0 Å². The van der Waals surface area contributed by atoms with Gasteiger partial charge in [0, 0.05) is 24.5 Å². The monoisotopic (exact) mass is 519 g/mol. The molecule has 0 saturated carbocycles. The van der Waals surface area contributed by atoms with Crippen LogP contribution >= 0.6 is 0 Å². The van der Waals surface area contributed by atoms with Gasteiger partial charge in [0.1, 0.15) is 0 Å². The number of alkyl halides is 3. The van der Waals surface area contributed by atoms with Crippen LogP contribution in [0.15, 0.2) is 65.6 Å². The third-order valence-corrected chi connectivity index (χ3v) is 7.30. The molecule has 2 amide bonds. The second-order valence-corrected chi connectivity index (χ2v) is 10.3. The maximum Gasteiger partial charge on any atom is 0.416 e. The molecule has 3 aromatic rings. The highest BCUT2D eigenvalue weighted by Gasteiger charge is 2.31. The van der Waals surface area contributed by atoms with E-state index in [0.717, 1.165) is 28.2 Å². The number of nitrogens with one attached hydrogen (secondary N) is 2. The van der Waals surface area contributed by atoms with Gasteiger partial charge in [0.2, 0.25) is 10.0 Å². The molecule has 0 fully saturated rings. The van der Waals surface area contributed by atoms with Crippen molar-refractivity contribution >= 4 is 27.4 Å². The molecule has 0 aliphatic heterocycles. The third kappa shape index (κ3) is 6.64. The van der Waals surface area contributed by atoms with Crippen molar-refractivity contribution in [2.45, 2.75) is 38.8 Å². The van der Waals surface area contributed by atoms with Crippen LogP contribution in [-0.2, 0) is 16.2 Å². The number of amides is 2. The van der Waals surface area contributed by atoms with Crippen LogP contribution in [0.3, 0.4) is 0 Å². The fourth-order valence-electron chi connectivity index (χ4n) is 3.98. The Bertz CT molecular complexity index is 1330. The number of benzene rings is 3. The summed E-state index contributed by atoms with van der Waals surface area (Å²) in [6, 6.07) is 14.1. The first kappa shape index (κ1) is 27.2. The molecule has 0 saturated heterocycles. The van der Waals surface area contributed by atoms with E-state index in [1.165, 1.54) is 12.1 Å². The van der Waals surface area contributed by atoms with Gasteiger partial charge in [-0.3, -0.25) is 4.90 Å². The van der Waals surface area contributed by atoms with E-state index in [0.29, 0.717) is 16.8 Å². The maximum atomic E-state index is 13.3. The lowest BCUT2D eigenvalue weighted by atomic mass is 10.1. The lowest BCUT2D eigenvalue weighted by Crippen LogP contribution is -2.41. The fraction of sp³-hybridized carbons (Fsp3) is 0.269. The number of anilines is 2. The predicted molar refractivity (Wildman–Crippen MR) is 135 cm³/mol. The van der Waals surface area contributed by atoms with E-state index in [1.54, 1.807) is 50.2 Å². The van der Waals surface area contributed by atoms with Crippen LogP contribution in [0.25, 0.3) is 0 Å². The quantitative estimate of drug-likeness (QED) is 0.405. The standard InChI is InChI=1S/C26H28F3N3O3S/c1-17-8-10-22(11-9-17)31-25(33)32(23-7-5-6-21(16-23)26(27,28)29)13-12-30-36(34,35)24-19(3)14-18(2)15-20(24)4/h5-11,14-16,30H,12-13H2,1-4H3,(H,31,33). The summed E-state index contributed by atoms with van der Waals surface area (Å²) in [7, 11) is -3.93. The van der Waals surface area contributed by atoms with Crippen molar-refractivity contribution in [2.75, 3.05) is 23.3 Å². The molecular formula is C26H28F3N3O3S. The van der Waals surface area contributed by atoms with E-state index in [9.17, 15) is 26.4 Å². The number of hydrogen-bond acceptors (Lipinski definition) is 3. The molecule has 3 rings (SSSR count). The number of aryl methyl sites for hydroxylation is 4. The summed E-state index contributed by atoms with van der Waals surface area (Å²) in [5.41, 5.74) is 2.56. The first-order chi connectivity index (χ1) is 16.8. The minimum Gasteiger partial charge on any atom is -0.308 e. The first-order valence-corrected chi connectivity index (χ1v) is 12.7. The highest BCUT2D eigenvalue weighted by molar-refractivity contribution is 7.89. The molecule has 6 nitrogen and oxygen atoms in total. The van der Waals surface area contributed by atoms with E-state index < -0.39 is 27.8 Å². The number of nitrogens with zero attached hydrogens (tertiary/aromatic N) is 1. The lowest BCUT2D eigenvalue weighted by molar-refractivity contribution is -0.137. The van der Waals surface area contributed by atoms with Gasteiger partial charge in [0.15, 0.2) is 0 Å². The Balaban J connectivity index is 1.86. The van der Waals surface area contributed by atoms with Crippen LogP contribution in [0, 0.1) is 27.7 Å². The third-order valence-electron chi connectivity index (χ3n) is 5.53. The summed E-state index contributed by atoms with van der Waals surface area (Å²) in [6.07, 6.45) is -4.60. The zero-order valence-electron chi connectivity index (χ0n) is 20.4. The smallest absolute Gasteiger partial charge is 0.308 e. The zero-order chi connectivity index (χ0) is 26.7. The maximum absolute atomic E-state index is 13.3. The molecule has 0 aliphatic rings. The van der Waals surface area contributed by atoms with Gasteiger partial charge in [-0.05, 0) is 69.2 Å². The summed E-state index contributed by atoms with van der Waals surface area (Å²) in [4.78, 5) is 14.3. The molecule has 0 aliphatic carbocycles.